The maximum absolute atomic E-state index is 12.4. The molecule has 128 valence electrons. The van der Waals surface area contributed by atoms with Crippen molar-refractivity contribution in [2.75, 3.05) is 25.9 Å². The van der Waals surface area contributed by atoms with Crippen LogP contribution in [0.2, 0.25) is 5.15 Å². The Morgan fingerprint density at radius 1 is 1.43 bits per heavy atom. The van der Waals surface area contributed by atoms with E-state index in [2.05, 4.69) is 25.2 Å². The van der Waals surface area contributed by atoms with Gasteiger partial charge in [0, 0.05) is 19.6 Å². The molecule has 1 aromatic rings. The molecule has 5 nitrogen and oxygen atoms in total. The summed E-state index contributed by atoms with van der Waals surface area (Å²) in [5.74, 6) is 0. The van der Waals surface area contributed by atoms with Gasteiger partial charge in [-0.3, -0.25) is 0 Å². The smallest absolute Gasteiger partial charge is 0.410 e. The predicted octanol–water partition coefficient (Wildman–Crippen LogP) is 4.37. The molecule has 0 radical (unpaired) electrons. The summed E-state index contributed by atoms with van der Waals surface area (Å²) in [4.78, 5) is 18.2. The first-order valence-corrected chi connectivity index (χ1v) is 9.66. The van der Waals surface area contributed by atoms with E-state index in [9.17, 15) is 4.79 Å². The first-order chi connectivity index (χ1) is 10.7. The molecule has 0 saturated carbocycles. The fourth-order valence-electron chi connectivity index (χ4n) is 2.42. The van der Waals surface area contributed by atoms with Gasteiger partial charge in [0.05, 0.1) is 6.04 Å². The lowest BCUT2D eigenvalue weighted by Gasteiger charge is -2.40. The molecule has 1 aromatic heterocycles. The minimum atomic E-state index is -0.494. The molecule has 1 fully saturated rings. The average Bonchev–Trinajstić information content (AvgIpc) is 2.43. The van der Waals surface area contributed by atoms with E-state index in [0.717, 1.165) is 12.1 Å². The molecule has 1 aliphatic rings. The van der Waals surface area contributed by atoms with Crippen molar-refractivity contribution in [2.45, 2.75) is 32.4 Å². The summed E-state index contributed by atoms with van der Waals surface area (Å²) in [6.45, 7) is 7.60. The fraction of sp³-hybridized carbons (Fsp3) is 0.600. The van der Waals surface area contributed by atoms with Crippen LogP contribution in [0.15, 0.2) is 16.7 Å². The van der Waals surface area contributed by atoms with Gasteiger partial charge in [0.25, 0.3) is 0 Å². The third-order valence-corrected chi connectivity index (χ3v) is 4.89. The summed E-state index contributed by atoms with van der Waals surface area (Å²) in [5.41, 5.74) is 0.533. The van der Waals surface area contributed by atoms with Gasteiger partial charge >= 0.3 is 6.09 Å². The highest BCUT2D eigenvalue weighted by Crippen LogP contribution is 2.32. The fourth-order valence-corrected chi connectivity index (χ4v) is 3.91. The number of hydrogen-bond donors (Lipinski definition) is 0. The van der Waals surface area contributed by atoms with Crippen molar-refractivity contribution in [3.05, 3.63) is 27.5 Å². The van der Waals surface area contributed by atoms with Gasteiger partial charge < -0.3 is 9.64 Å². The van der Waals surface area contributed by atoms with Crippen molar-refractivity contribution in [3.8, 4) is 0 Å². The highest BCUT2D eigenvalue weighted by molar-refractivity contribution is 9.10. The number of nitrogens with zero attached hydrogens (tertiary/aromatic N) is 3. The Morgan fingerprint density at radius 3 is 2.70 bits per heavy atom. The Hall–Kier alpha value is -0.500. The first-order valence-electron chi connectivity index (χ1n) is 7.31. The van der Waals surface area contributed by atoms with E-state index in [1.165, 1.54) is 0 Å². The Labute approximate surface area is 155 Å². The number of rotatable bonds is 2. The zero-order valence-electron chi connectivity index (χ0n) is 13.7. The molecular weight excluding hydrogens is 402 g/mol. The van der Waals surface area contributed by atoms with Crippen LogP contribution in [0.1, 0.15) is 32.4 Å². The molecule has 1 amide bonds. The van der Waals surface area contributed by atoms with Crippen LogP contribution in [0, 0.1) is 0 Å². The molecule has 1 aliphatic heterocycles. The summed E-state index contributed by atoms with van der Waals surface area (Å²) in [7, 11) is 0. The van der Waals surface area contributed by atoms with Gasteiger partial charge in [0.2, 0.25) is 0 Å². The maximum atomic E-state index is 12.4. The second kappa shape index (κ2) is 7.59. The van der Waals surface area contributed by atoms with Crippen LogP contribution in [0.25, 0.3) is 0 Å². The lowest BCUT2D eigenvalue weighted by molar-refractivity contribution is 0.0140. The molecule has 0 bridgehead atoms. The Balaban J connectivity index is 2.20. The Bertz CT molecular complexity index is 562. The molecule has 2 heterocycles. The number of pyridine rings is 1. The normalized spacial score (nSPS) is 19.7. The zero-order valence-corrected chi connectivity index (χ0v) is 16.8. The summed E-state index contributed by atoms with van der Waals surface area (Å²) in [5, 5.41) is 0.435. The minimum Gasteiger partial charge on any atom is -0.444 e. The van der Waals surface area contributed by atoms with Crippen molar-refractivity contribution in [3.63, 3.8) is 0 Å². The Kier molecular flexibility index (Phi) is 6.22. The molecule has 0 spiro atoms. The average molecular weight is 423 g/mol. The van der Waals surface area contributed by atoms with E-state index >= 15 is 0 Å². The third-order valence-electron chi connectivity index (χ3n) is 3.39. The second-order valence-electron chi connectivity index (χ2n) is 6.31. The van der Waals surface area contributed by atoms with Gasteiger partial charge in [-0.15, -0.1) is 0 Å². The van der Waals surface area contributed by atoms with Gasteiger partial charge in [-0.2, -0.15) is 0 Å². The summed E-state index contributed by atoms with van der Waals surface area (Å²) < 4.78 is 8.43. The van der Waals surface area contributed by atoms with Crippen LogP contribution < -0.4 is 0 Å². The van der Waals surface area contributed by atoms with Crippen LogP contribution >= 0.6 is 39.5 Å². The molecule has 0 aromatic carbocycles. The van der Waals surface area contributed by atoms with Crippen molar-refractivity contribution < 1.29 is 9.53 Å². The summed E-state index contributed by atoms with van der Waals surface area (Å²) >= 11 is 11.1. The van der Waals surface area contributed by atoms with Crippen molar-refractivity contribution in [1.82, 2.24) is 14.2 Å². The lowest BCUT2D eigenvalue weighted by Crippen LogP contribution is -2.49. The Morgan fingerprint density at radius 2 is 2.13 bits per heavy atom. The van der Waals surface area contributed by atoms with Gasteiger partial charge in [-0.25, -0.2) is 14.1 Å². The summed E-state index contributed by atoms with van der Waals surface area (Å²) in [6, 6.07) is 3.83. The monoisotopic (exact) mass is 421 g/mol. The van der Waals surface area contributed by atoms with E-state index in [4.69, 9.17) is 16.3 Å². The van der Waals surface area contributed by atoms with Crippen molar-refractivity contribution in [1.29, 1.82) is 0 Å². The van der Waals surface area contributed by atoms with Gasteiger partial charge in [0.1, 0.15) is 15.4 Å². The standard InChI is InChI=1S/C15H21BrClN3O2S/c1-15(2,3)22-14(21)19-5-6-20(23-4)11(9-19)10-7-12(16)18-13(17)8-10/h7-8,11H,5-6,9H2,1-4H3. The second-order valence-corrected chi connectivity index (χ2v) is 8.35. The molecular formula is C15H21BrClN3O2S. The van der Waals surface area contributed by atoms with Gasteiger partial charge in [-0.1, -0.05) is 23.5 Å². The zero-order chi connectivity index (χ0) is 17.2. The molecule has 2 rings (SSSR count). The number of carbonyl (C=O) groups is 1. The molecule has 0 aliphatic carbocycles. The van der Waals surface area contributed by atoms with Crippen LogP contribution in [-0.4, -0.2) is 51.8 Å². The molecule has 8 heteroatoms. The SMILES string of the molecule is CSN1CCN(C(=O)OC(C)(C)C)CC1c1cc(Cl)nc(Br)c1. The number of hydrogen-bond acceptors (Lipinski definition) is 5. The number of halogens is 2. The van der Waals surface area contributed by atoms with E-state index in [-0.39, 0.29) is 12.1 Å². The van der Waals surface area contributed by atoms with Crippen LogP contribution in [0.4, 0.5) is 4.79 Å². The lowest BCUT2D eigenvalue weighted by atomic mass is 10.1. The third kappa shape index (κ3) is 5.24. The van der Waals surface area contributed by atoms with Crippen LogP contribution in [-0.2, 0) is 4.74 Å². The number of aromatic nitrogens is 1. The first kappa shape index (κ1) is 18.8. The van der Waals surface area contributed by atoms with Gasteiger partial charge in [-0.05, 0) is 60.7 Å². The largest absolute Gasteiger partial charge is 0.444 e. The molecule has 23 heavy (non-hydrogen) atoms. The topological polar surface area (TPSA) is 45.7 Å². The van der Waals surface area contributed by atoms with Gasteiger partial charge in [0.15, 0.2) is 0 Å². The molecule has 1 unspecified atom stereocenters. The maximum Gasteiger partial charge on any atom is 0.410 e. The van der Waals surface area contributed by atoms with Crippen molar-refractivity contribution in [2.24, 2.45) is 0 Å². The predicted molar refractivity (Wildman–Crippen MR) is 97.7 cm³/mol. The van der Waals surface area contributed by atoms with E-state index in [1.807, 2.05) is 39.2 Å². The van der Waals surface area contributed by atoms with Crippen LogP contribution in [0.3, 0.4) is 0 Å². The van der Waals surface area contributed by atoms with Crippen LogP contribution in [0.5, 0.6) is 0 Å². The van der Waals surface area contributed by atoms with Crippen molar-refractivity contribution >= 4 is 45.6 Å². The highest BCUT2D eigenvalue weighted by Gasteiger charge is 2.33. The summed E-state index contributed by atoms with van der Waals surface area (Å²) in [6.07, 6.45) is 1.76. The quantitative estimate of drug-likeness (QED) is 0.523. The van der Waals surface area contributed by atoms with E-state index in [1.54, 1.807) is 16.8 Å². The van der Waals surface area contributed by atoms with E-state index in [0.29, 0.717) is 22.8 Å². The number of amides is 1. The number of carbonyl (C=O) groups excluding carboxylic acids is 1. The number of ether oxygens (including phenoxy) is 1. The highest BCUT2D eigenvalue weighted by atomic mass is 79.9. The minimum absolute atomic E-state index is 0.0445. The molecule has 1 saturated heterocycles. The molecule has 0 N–H and O–H groups in total. The number of piperazine rings is 1. The molecule has 1 atom stereocenters. The van der Waals surface area contributed by atoms with E-state index < -0.39 is 5.60 Å².